The lowest BCUT2D eigenvalue weighted by Gasteiger charge is -2.03. The van der Waals surface area contributed by atoms with Crippen molar-refractivity contribution in [3.63, 3.8) is 0 Å². The number of benzene rings is 1. The standard InChI is InChI=1S/C14H19NO/c1-2-3-9-15-14(16)13-10-12(13)11-7-5-4-6-8-11/h4-8,12-13H,2-3,9-10H2,1H3,(H,15,16)/t12-,13+/m0/s1. The number of rotatable bonds is 5. The number of hydrogen-bond donors (Lipinski definition) is 1. The molecule has 2 rings (SSSR count). The molecule has 0 unspecified atom stereocenters. The smallest absolute Gasteiger partial charge is 0.223 e. The van der Waals surface area contributed by atoms with Gasteiger partial charge < -0.3 is 5.32 Å². The van der Waals surface area contributed by atoms with Gasteiger partial charge in [-0.2, -0.15) is 0 Å². The number of nitrogens with one attached hydrogen (secondary N) is 1. The molecule has 0 spiro atoms. The van der Waals surface area contributed by atoms with Crippen LogP contribution in [0.5, 0.6) is 0 Å². The highest BCUT2D eigenvalue weighted by Crippen LogP contribution is 2.47. The second-order valence-corrected chi connectivity index (χ2v) is 4.50. The van der Waals surface area contributed by atoms with Gasteiger partial charge in [0.1, 0.15) is 0 Å². The van der Waals surface area contributed by atoms with Crippen molar-refractivity contribution >= 4 is 5.91 Å². The van der Waals surface area contributed by atoms with Gasteiger partial charge in [0.25, 0.3) is 0 Å². The average molecular weight is 217 g/mol. The minimum Gasteiger partial charge on any atom is -0.356 e. The molecule has 16 heavy (non-hydrogen) atoms. The van der Waals surface area contributed by atoms with Gasteiger partial charge in [-0.3, -0.25) is 4.79 Å². The Kier molecular flexibility index (Phi) is 3.60. The van der Waals surface area contributed by atoms with Crippen LogP contribution in [0.25, 0.3) is 0 Å². The summed E-state index contributed by atoms with van der Waals surface area (Å²) in [5.74, 6) is 0.921. The zero-order valence-electron chi connectivity index (χ0n) is 9.78. The van der Waals surface area contributed by atoms with Crippen LogP contribution in [-0.4, -0.2) is 12.5 Å². The molecule has 2 nitrogen and oxygen atoms in total. The second-order valence-electron chi connectivity index (χ2n) is 4.50. The van der Waals surface area contributed by atoms with E-state index in [0.29, 0.717) is 5.92 Å². The first-order valence-electron chi connectivity index (χ1n) is 6.15. The summed E-state index contributed by atoms with van der Waals surface area (Å²) in [4.78, 5) is 11.8. The molecule has 2 atom stereocenters. The maximum Gasteiger partial charge on any atom is 0.223 e. The fourth-order valence-electron chi connectivity index (χ4n) is 2.07. The topological polar surface area (TPSA) is 29.1 Å². The van der Waals surface area contributed by atoms with Crippen molar-refractivity contribution in [2.45, 2.75) is 32.1 Å². The molecular formula is C14H19NO. The predicted molar refractivity (Wildman–Crippen MR) is 65.2 cm³/mol. The summed E-state index contributed by atoms with van der Waals surface area (Å²) in [5, 5.41) is 3.01. The van der Waals surface area contributed by atoms with Gasteiger partial charge in [-0.25, -0.2) is 0 Å². The first kappa shape index (κ1) is 11.2. The molecule has 0 aliphatic heterocycles. The molecule has 1 amide bonds. The Morgan fingerprint density at radius 3 is 2.81 bits per heavy atom. The van der Waals surface area contributed by atoms with E-state index in [4.69, 9.17) is 0 Å². The first-order valence-corrected chi connectivity index (χ1v) is 6.15. The molecule has 0 heterocycles. The molecule has 1 aliphatic rings. The van der Waals surface area contributed by atoms with E-state index in [1.807, 2.05) is 18.2 Å². The summed E-state index contributed by atoms with van der Waals surface area (Å²) < 4.78 is 0. The molecular weight excluding hydrogens is 198 g/mol. The van der Waals surface area contributed by atoms with Gasteiger partial charge in [-0.15, -0.1) is 0 Å². The number of carbonyl (C=O) groups is 1. The zero-order chi connectivity index (χ0) is 11.4. The Bertz CT molecular complexity index is 347. The Labute approximate surface area is 97.1 Å². The van der Waals surface area contributed by atoms with Gasteiger partial charge in [-0.05, 0) is 24.3 Å². The van der Waals surface area contributed by atoms with Gasteiger partial charge in [0.05, 0.1) is 0 Å². The third-order valence-corrected chi connectivity index (χ3v) is 3.18. The van der Waals surface area contributed by atoms with E-state index in [1.165, 1.54) is 5.56 Å². The van der Waals surface area contributed by atoms with E-state index < -0.39 is 0 Å². The monoisotopic (exact) mass is 217 g/mol. The normalized spacial score (nSPS) is 22.8. The second kappa shape index (κ2) is 5.15. The summed E-state index contributed by atoms with van der Waals surface area (Å²) in [6, 6.07) is 10.3. The quantitative estimate of drug-likeness (QED) is 0.755. The predicted octanol–water partition coefficient (Wildman–Crippen LogP) is 2.71. The summed E-state index contributed by atoms with van der Waals surface area (Å²) in [6.45, 7) is 2.96. The minimum absolute atomic E-state index is 0.222. The number of carbonyl (C=O) groups excluding carboxylic acids is 1. The zero-order valence-corrected chi connectivity index (χ0v) is 9.78. The van der Waals surface area contributed by atoms with Crippen LogP contribution in [0.3, 0.4) is 0 Å². The maximum absolute atomic E-state index is 11.8. The van der Waals surface area contributed by atoms with Crippen molar-refractivity contribution in [1.29, 1.82) is 0 Å². The molecule has 86 valence electrons. The first-order chi connectivity index (χ1) is 7.83. The van der Waals surface area contributed by atoms with Crippen LogP contribution in [0.2, 0.25) is 0 Å². The molecule has 1 saturated carbocycles. The summed E-state index contributed by atoms with van der Waals surface area (Å²) >= 11 is 0. The van der Waals surface area contributed by atoms with Gasteiger partial charge in [-0.1, -0.05) is 43.7 Å². The van der Waals surface area contributed by atoms with E-state index in [0.717, 1.165) is 25.8 Å². The van der Waals surface area contributed by atoms with Crippen LogP contribution in [0.15, 0.2) is 30.3 Å². The van der Waals surface area contributed by atoms with E-state index in [9.17, 15) is 4.79 Å². The van der Waals surface area contributed by atoms with Crippen LogP contribution in [-0.2, 0) is 4.79 Å². The highest BCUT2D eigenvalue weighted by atomic mass is 16.2. The van der Waals surface area contributed by atoms with E-state index in [-0.39, 0.29) is 11.8 Å². The summed E-state index contributed by atoms with van der Waals surface area (Å²) in [6.07, 6.45) is 3.23. The SMILES string of the molecule is CCCCNC(=O)[C@@H]1C[C@H]1c1ccccc1. The van der Waals surface area contributed by atoms with E-state index in [1.54, 1.807) is 0 Å². The van der Waals surface area contributed by atoms with E-state index in [2.05, 4.69) is 24.4 Å². The number of hydrogen-bond acceptors (Lipinski definition) is 1. The van der Waals surface area contributed by atoms with Crippen molar-refractivity contribution in [2.75, 3.05) is 6.54 Å². The largest absolute Gasteiger partial charge is 0.356 e. The molecule has 1 fully saturated rings. The van der Waals surface area contributed by atoms with Crippen molar-refractivity contribution in [3.05, 3.63) is 35.9 Å². The highest BCUT2D eigenvalue weighted by molar-refractivity contribution is 5.82. The molecule has 1 aliphatic carbocycles. The average Bonchev–Trinajstić information content (AvgIpc) is 3.10. The molecule has 1 N–H and O–H groups in total. The van der Waals surface area contributed by atoms with Gasteiger partial charge in [0.2, 0.25) is 5.91 Å². The lowest BCUT2D eigenvalue weighted by atomic mass is 10.1. The molecule has 0 aromatic heterocycles. The maximum atomic E-state index is 11.8. The fraction of sp³-hybridized carbons (Fsp3) is 0.500. The Morgan fingerprint density at radius 1 is 1.38 bits per heavy atom. The van der Waals surface area contributed by atoms with Gasteiger partial charge in [0.15, 0.2) is 0 Å². The molecule has 0 radical (unpaired) electrons. The van der Waals surface area contributed by atoms with E-state index >= 15 is 0 Å². The third-order valence-electron chi connectivity index (χ3n) is 3.18. The van der Waals surface area contributed by atoms with Crippen LogP contribution in [0, 0.1) is 5.92 Å². The summed E-state index contributed by atoms with van der Waals surface area (Å²) in [5.41, 5.74) is 1.30. The van der Waals surface area contributed by atoms with Crippen LogP contribution in [0.4, 0.5) is 0 Å². The fourth-order valence-corrected chi connectivity index (χ4v) is 2.07. The van der Waals surface area contributed by atoms with Crippen molar-refractivity contribution in [1.82, 2.24) is 5.32 Å². The molecule has 1 aromatic rings. The summed E-state index contributed by atoms with van der Waals surface area (Å²) in [7, 11) is 0. The molecule has 1 aromatic carbocycles. The molecule has 0 bridgehead atoms. The third kappa shape index (κ3) is 2.63. The van der Waals surface area contributed by atoms with Crippen LogP contribution in [0.1, 0.15) is 37.7 Å². The minimum atomic E-state index is 0.222. The number of unbranched alkanes of at least 4 members (excludes halogenated alkanes) is 1. The van der Waals surface area contributed by atoms with Crippen LogP contribution < -0.4 is 5.32 Å². The van der Waals surface area contributed by atoms with Crippen molar-refractivity contribution in [3.8, 4) is 0 Å². The number of amides is 1. The van der Waals surface area contributed by atoms with Gasteiger partial charge in [0, 0.05) is 12.5 Å². The van der Waals surface area contributed by atoms with Crippen LogP contribution >= 0.6 is 0 Å². The Hall–Kier alpha value is -1.31. The Morgan fingerprint density at radius 2 is 2.12 bits per heavy atom. The highest BCUT2D eigenvalue weighted by Gasteiger charge is 2.43. The lowest BCUT2D eigenvalue weighted by molar-refractivity contribution is -0.122. The van der Waals surface area contributed by atoms with Crippen molar-refractivity contribution < 1.29 is 4.79 Å². The Balaban J connectivity index is 1.80. The molecule has 0 saturated heterocycles. The van der Waals surface area contributed by atoms with Gasteiger partial charge >= 0.3 is 0 Å². The lowest BCUT2D eigenvalue weighted by Crippen LogP contribution is -2.26. The van der Waals surface area contributed by atoms with Crippen molar-refractivity contribution in [2.24, 2.45) is 5.92 Å². The molecule has 2 heteroatoms.